The molecular weight excluding hydrogens is 188 g/mol. The van der Waals surface area contributed by atoms with Crippen molar-refractivity contribution in [2.24, 2.45) is 17.8 Å². The second kappa shape index (κ2) is 7.72. The Morgan fingerprint density at radius 1 is 0.933 bits per heavy atom. The van der Waals surface area contributed by atoms with Gasteiger partial charge in [0.1, 0.15) is 0 Å². The Labute approximate surface area is 94.1 Å². The zero-order valence-electron chi connectivity index (χ0n) is 10.6. The summed E-state index contributed by atoms with van der Waals surface area (Å²) in [6.07, 6.45) is 4.78. The molecular formula is C13H26O2. The third-order valence-electron chi connectivity index (χ3n) is 2.77. The van der Waals surface area contributed by atoms with Gasteiger partial charge in [0.15, 0.2) is 0 Å². The standard InChI is InChI=1S/C13H26O2/c1-10(2)5-7-12(9-13(14)15)8-6-11(3)4/h10-12H,5-9H2,1-4H3,(H,14,15). The van der Waals surface area contributed by atoms with Gasteiger partial charge in [-0.2, -0.15) is 0 Å². The lowest BCUT2D eigenvalue weighted by Gasteiger charge is -2.17. The van der Waals surface area contributed by atoms with E-state index >= 15 is 0 Å². The van der Waals surface area contributed by atoms with E-state index in [0.29, 0.717) is 24.2 Å². The molecule has 0 rings (SSSR count). The van der Waals surface area contributed by atoms with Crippen LogP contribution in [0.4, 0.5) is 0 Å². The topological polar surface area (TPSA) is 37.3 Å². The fourth-order valence-electron chi connectivity index (χ4n) is 1.73. The highest BCUT2D eigenvalue weighted by molar-refractivity contribution is 5.66. The van der Waals surface area contributed by atoms with Crippen molar-refractivity contribution in [3.63, 3.8) is 0 Å². The van der Waals surface area contributed by atoms with Crippen molar-refractivity contribution < 1.29 is 9.90 Å². The Hall–Kier alpha value is -0.530. The Morgan fingerprint density at radius 3 is 1.60 bits per heavy atom. The van der Waals surface area contributed by atoms with Gasteiger partial charge in [0.05, 0.1) is 0 Å². The van der Waals surface area contributed by atoms with Crippen LogP contribution in [0.5, 0.6) is 0 Å². The largest absolute Gasteiger partial charge is 0.481 e. The average molecular weight is 214 g/mol. The molecule has 0 amide bonds. The SMILES string of the molecule is CC(C)CCC(CCC(C)C)CC(=O)O. The van der Waals surface area contributed by atoms with Crippen molar-refractivity contribution in [2.75, 3.05) is 0 Å². The third-order valence-corrected chi connectivity index (χ3v) is 2.77. The van der Waals surface area contributed by atoms with Gasteiger partial charge in [0, 0.05) is 6.42 Å². The summed E-state index contributed by atoms with van der Waals surface area (Å²) < 4.78 is 0. The first-order chi connectivity index (χ1) is 6.91. The van der Waals surface area contributed by atoms with Gasteiger partial charge in [-0.25, -0.2) is 0 Å². The maximum atomic E-state index is 10.7. The number of carbonyl (C=O) groups is 1. The normalized spacial score (nSPS) is 11.7. The lowest BCUT2D eigenvalue weighted by molar-refractivity contribution is -0.138. The monoisotopic (exact) mass is 214 g/mol. The molecule has 0 spiro atoms. The van der Waals surface area contributed by atoms with Crippen molar-refractivity contribution in [1.82, 2.24) is 0 Å². The minimum atomic E-state index is -0.646. The molecule has 0 bridgehead atoms. The van der Waals surface area contributed by atoms with Crippen LogP contribution < -0.4 is 0 Å². The van der Waals surface area contributed by atoms with Gasteiger partial charge >= 0.3 is 5.97 Å². The van der Waals surface area contributed by atoms with Gasteiger partial charge < -0.3 is 5.11 Å². The van der Waals surface area contributed by atoms with Crippen LogP contribution in [0.2, 0.25) is 0 Å². The summed E-state index contributed by atoms with van der Waals surface area (Å²) >= 11 is 0. The Morgan fingerprint density at radius 2 is 1.33 bits per heavy atom. The summed E-state index contributed by atoms with van der Waals surface area (Å²) in [7, 11) is 0. The molecule has 0 aliphatic heterocycles. The number of hydrogen-bond acceptors (Lipinski definition) is 1. The molecule has 0 fully saturated rings. The van der Waals surface area contributed by atoms with Gasteiger partial charge in [-0.3, -0.25) is 4.79 Å². The van der Waals surface area contributed by atoms with Crippen molar-refractivity contribution in [3.05, 3.63) is 0 Å². The van der Waals surface area contributed by atoms with Crippen molar-refractivity contribution in [2.45, 2.75) is 59.8 Å². The number of hydrogen-bond donors (Lipinski definition) is 1. The van der Waals surface area contributed by atoms with Gasteiger partial charge in [-0.15, -0.1) is 0 Å². The summed E-state index contributed by atoms with van der Waals surface area (Å²) in [6.45, 7) is 8.78. The van der Waals surface area contributed by atoms with E-state index in [1.54, 1.807) is 0 Å². The molecule has 15 heavy (non-hydrogen) atoms. The number of rotatable bonds is 8. The number of carboxylic acids is 1. The van der Waals surface area contributed by atoms with Crippen molar-refractivity contribution in [3.8, 4) is 0 Å². The molecule has 0 heterocycles. The molecule has 90 valence electrons. The van der Waals surface area contributed by atoms with Crippen LogP contribution in [-0.2, 0) is 4.79 Å². The quantitative estimate of drug-likeness (QED) is 0.664. The second-order valence-electron chi connectivity index (χ2n) is 5.41. The number of carboxylic acid groups (broad SMARTS) is 1. The van der Waals surface area contributed by atoms with E-state index in [2.05, 4.69) is 27.7 Å². The molecule has 0 radical (unpaired) electrons. The minimum Gasteiger partial charge on any atom is -0.481 e. The predicted molar refractivity (Wildman–Crippen MR) is 63.9 cm³/mol. The fraction of sp³-hybridized carbons (Fsp3) is 0.923. The molecule has 0 atom stereocenters. The lowest BCUT2D eigenvalue weighted by Crippen LogP contribution is -2.10. The van der Waals surface area contributed by atoms with Gasteiger partial charge in [0.25, 0.3) is 0 Å². The zero-order chi connectivity index (χ0) is 11.8. The Balaban J connectivity index is 3.89. The van der Waals surface area contributed by atoms with E-state index < -0.39 is 5.97 Å². The van der Waals surface area contributed by atoms with Crippen LogP contribution >= 0.6 is 0 Å². The van der Waals surface area contributed by atoms with E-state index in [-0.39, 0.29) is 0 Å². The molecule has 2 heteroatoms. The number of aliphatic carboxylic acids is 1. The Bertz CT molecular complexity index is 161. The average Bonchev–Trinajstić information content (AvgIpc) is 2.08. The highest BCUT2D eigenvalue weighted by atomic mass is 16.4. The third kappa shape index (κ3) is 9.77. The highest BCUT2D eigenvalue weighted by Crippen LogP contribution is 2.22. The molecule has 1 N–H and O–H groups in total. The summed E-state index contributed by atoms with van der Waals surface area (Å²) in [5.41, 5.74) is 0. The van der Waals surface area contributed by atoms with Gasteiger partial charge in [0.2, 0.25) is 0 Å². The van der Waals surface area contributed by atoms with Crippen LogP contribution in [0, 0.1) is 17.8 Å². The highest BCUT2D eigenvalue weighted by Gasteiger charge is 2.14. The molecule has 0 aromatic rings. The molecule has 0 aliphatic rings. The molecule has 0 unspecified atom stereocenters. The molecule has 0 aromatic heterocycles. The van der Waals surface area contributed by atoms with Gasteiger partial charge in [-0.1, -0.05) is 40.5 Å². The molecule has 0 aromatic carbocycles. The Kier molecular flexibility index (Phi) is 7.45. The second-order valence-corrected chi connectivity index (χ2v) is 5.41. The van der Waals surface area contributed by atoms with Crippen molar-refractivity contribution in [1.29, 1.82) is 0 Å². The summed E-state index contributed by atoms with van der Waals surface area (Å²) in [6, 6.07) is 0. The maximum Gasteiger partial charge on any atom is 0.303 e. The predicted octanol–water partition coefficient (Wildman–Crippen LogP) is 3.95. The van der Waals surface area contributed by atoms with Crippen LogP contribution in [0.25, 0.3) is 0 Å². The lowest BCUT2D eigenvalue weighted by atomic mass is 9.89. The van der Waals surface area contributed by atoms with E-state index in [0.717, 1.165) is 25.7 Å². The maximum absolute atomic E-state index is 10.7. The first kappa shape index (κ1) is 14.5. The van der Waals surface area contributed by atoms with E-state index in [4.69, 9.17) is 5.11 Å². The van der Waals surface area contributed by atoms with E-state index in [1.165, 1.54) is 0 Å². The minimum absolute atomic E-state index is 0.347. The summed E-state index contributed by atoms with van der Waals surface area (Å²) in [5.74, 6) is 1.10. The molecule has 2 nitrogen and oxygen atoms in total. The first-order valence-corrected chi connectivity index (χ1v) is 6.13. The van der Waals surface area contributed by atoms with Gasteiger partial charge in [-0.05, 0) is 30.6 Å². The first-order valence-electron chi connectivity index (χ1n) is 6.13. The van der Waals surface area contributed by atoms with Crippen LogP contribution in [0.3, 0.4) is 0 Å². The molecule has 0 saturated heterocycles. The van der Waals surface area contributed by atoms with Crippen LogP contribution in [0.1, 0.15) is 59.8 Å². The van der Waals surface area contributed by atoms with Crippen LogP contribution in [0.15, 0.2) is 0 Å². The molecule has 0 saturated carbocycles. The zero-order valence-corrected chi connectivity index (χ0v) is 10.6. The van der Waals surface area contributed by atoms with Crippen LogP contribution in [-0.4, -0.2) is 11.1 Å². The smallest absolute Gasteiger partial charge is 0.303 e. The van der Waals surface area contributed by atoms with E-state index in [1.807, 2.05) is 0 Å². The fourth-order valence-corrected chi connectivity index (χ4v) is 1.73. The molecule has 0 aliphatic carbocycles. The van der Waals surface area contributed by atoms with E-state index in [9.17, 15) is 4.79 Å². The van der Waals surface area contributed by atoms with Crippen molar-refractivity contribution >= 4 is 5.97 Å². The summed E-state index contributed by atoms with van der Waals surface area (Å²) in [4.78, 5) is 10.7. The summed E-state index contributed by atoms with van der Waals surface area (Å²) in [5, 5.41) is 8.81.